The van der Waals surface area contributed by atoms with Crippen LogP contribution < -0.4 is 9.88 Å². The van der Waals surface area contributed by atoms with Crippen LogP contribution in [0, 0.1) is 0 Å². The molecule has 0 amide bonds. The van der Waals surface area contributed by atoms with Crippen LogP contribution in [0.2, 0.25) is 0 Å². The minimum absolute atomic E-state index is 0.290. The summed E-state index contributed by atoms with van der Waals surface area (Å²) in [5, 5.41) is 0. The number of hydrogen-bond donors (Lipinski definition) is 0. The average molecular weight is 334 g/mol. The molecule has 5 nitrogen and oxygen atoms in total. The van der Waals surface area contributed by atoms with Gasteiger partial charge >= 0.3 is 0 Å². The van der Waals surface area contributed by atoms with E-state index < -0.39 is 10.0 Å². The summed E-state index contributed by atoms with van der Waals surface area (Å²) < 4.78 is 26.4. The summed E-state index contributed by atoms with van der Waals surface area (Å²) in [4.78, 5) is 5.42. The first-order valence-corrected chi connectivity index (χ1v) is 9.20. The summed E-state index contributed by atoms with van der Waals surface area (Å²) in [5.74, 6) is 0.868. The largest absolute Gasteiger partial charge is 0.274 e. The van der Waals surface area contributed by atoms with E-state index in [9.17, 15) is 8.42 Å². The van der Waals surface area contributed by atoms with E-state index in [0.29, 0.717) is 13.1 Å². The van der Waals surface area contributed by atoms with Gasteiger partial charge in [-0.05, 0) is 11.6 Å². The second-order valence-corrected chi connectivity index (χ2v) is 7.28. The molecule has 1 aromatic heterocycles. The van der Waals surface area contributed by atoms with Crippen LogP contribution in [0.1, 0.15) is 19.4 Å². The van der Waals surface area contributed by atoms with Crippen LogP contribution in [0.25, 0.3) is 0 Å². The van der Waals surface area contributed by atoms with Gasteiger partial charge in [-0.3, -0.25) is 4.90 Å². The van der Waals surface area contributed by atoms with E-state index >= 15 is 0 Å². The SMILES string of the molecule is CCN(CC)S(=O)(=O)c1ccc(N(C)Cc2ccccc2)[nH+]c1. The van der Waals surface area contributed by atoms with Crippen molar-refractivity contribution in [1.82, 2.24) is 4.31 Å². The third-order valence-electron chi connectivity index (χ3n) is 3.78. The number of H-pyrrole nitrogens is 1. The first-order chi connectivity index (χ1) is 11.0. The molecule has 0 saturated carbocycles. The lowest BCUT2D eigenvalue weighted by molar-refractivity contribution is -0.367. The molecule has 0 aliphatic rings. The predicted octanol–water partition coefficient (Wildman–Crippen LogP) is 2.17. The molecule has 2 rings (SSSR count). The zero-order valence-electron chi connectivity index (χ0n) is 13.9. The molecule has 0 unspecified atom stereocenters. The molecule has 0 spiro atoms. The van der Waals surface area contributed by atoms with Gasteiger partial charge in [0.05, 0.1) is 7.05 Å². The molecule has 1 heterocycles. The van der Waals surface area contributed by atoms with E-state index in [1.54, 1.807) is 18.3 Å². The van der Waals surface area contributed by atoms with Crippen molar-refractivity contribution in [2.45, 2.75) is 25.3 Å². The number of rotatable bonds is 7. The van der Waals surface area contributed by atoms with Crippen molar-refractivity contribution in [2.24, 2.45) is 0 Å². The molecular formula is C17H24N3O2S+. The molecule has 0 aliphatic carbocycles. The molecule has 0 aliphatic heterocycles. The van der Waals surface area contributed by atoms with Gasteiger partial charge in [0, 0.05) is 19.2 Å². The maximum atomic E-state index is 12.5. The first kappa shape index (κ1) is 17.4. The minimum atomic E-state index is -3.42. The Hall–Kier alpha value is -1.92. The van der Waals surface area contributed by atoms with Crippen LogP contribution in [-0.4, -0.2) is 32.9 Å². The molecule has 1 aromatic carbocycles. The topological polar surface area (TPSA) is 54.8 Å². The van der Waals surface area contributed by atoms with Crippen LogP contribution in [0.5, 0.6) is 0 Å². The molecule has 0 saturated heterocycles. The normalized spacial score (nSPS) is 11.7. The summed E-state index contributed by atoms with van der Waals surface area (Å²) in [6.45, 7) is 5.36. The summed E-state index contributed by atoms with van der Waals surface area (Å²) in [5.41, 5.74) is 1.20. The molecule has 1 N–H and O–H groups in total. The van der Waals surface area contributed by atoms with Crippen molar-refractivity contribution in [3.8, 4) is 0 Å². The van der Waals surface area contributed by atoms with Gasteiger partial charge in [0.15, 0.2) is 0 Å². The smallest absolute Gasteiger partial charge is 0.260 e. The van der Waals surface area contributed by atoms with E-state index in [1.807, 2.05) is 44.0 Å². The average Bonchev–Trinajstić information content (AvgIpc) is 2.56. The molecule has 0 fully saturated rings. The number of sulfonamides is 1. The van der Waals surface area contributed by atoms with Crippen molar-refractivity contribution in [1.29, 1.82) is 0 Å². The molecule has 2 aromatic rings. The van der Waals surface area contributed by atoms with Crippen molar-refractivity contribution in [3.05, 3.63) is 54.2 Å². The molecule has 6 heteroatoms. The Morgan fingerprint density at radius 3 is 2.17 bits per heavy atom. The monoisotopic (exact) mass is 334 g/mol. The summed E-state index contributed by atoms with van der Waals surface area (Å²) in [6.07, 6.45) is 1.56. The van der Waals surface area contributed by atoms with Crippen LogP contribution in [-0.2, 0) is 16.6 Å². The Balaban J connectivity index is 2.16. The van der Waals surface area contributed by atoms with Gasteiger partial charge in [-0.15, -0.1) is 0 Å². The van der Waals surface area contributed by atoms with Gasteiger partial charge in [-0.2, -0.15) is 4.31 Å². The highest BCUT2D eigenvalue weighted by Gasteiger charge is 2.23. The molecule has 0 radical (unpaired) electrons. The number of nitrogens with zero attached hydrogens (tertiary/aromatic N) is 2. The Morgan fingerprint density at radius 2 is 1.65 bits per heavy atom. The predicted molar refractivity (Wildman–Crippen MR) is 91.7 cm³/mol. The van der Waals surface area contributed by atoms with E-state index in [2.05, 4.69) is 17.1 Å². The lowest BCUT2D eigenvalue weighted by Crippen LogP contribution is -2.32. The van der Waals surface area contributed by atoms with E-state index in [-0.39, 0.29) is 4.90 Å². The number of hydrogen-bond acceptors (Lipinski definition) is 3. The van der Waals surface area contributed by atoms with Crippen molar-refractivity contribution in [2.75, 3.05) is 25.0 Å². The summed E-state index contributed by atoms with van der Waals surface area (Å²) in [7, 11) is -1.45. The lowest BCUT2D eigenvalue weighted by atomic mass is 10.2. The molecular weight excluding hydrogens is 310 g/mol. The Morgan fingerprint density at radius 1 is 1.00 bits per heavy atom. The fraction of sp³-hybridized carbons (Fsp3) is 0.353. The number of aromatic nitrogens is 1. The van der Waals surface area contributed by atoms with E-state index in [4.69, 9.17) is 0 Å². The quantitative estimate of drug-likeness (QED) is 0.780. The highest BCUT2D eigenvalue weighted by Crippen LogP contribution is 2.16. The molecule has 23 heavy (non-hydrogen) atoms. The maximum absolute atomic E-state index is 12.5. The minimum Gasteiger partial charge on any atom is -0.260 e. The van der Waals surface area contributed by atoms with Gasteiger partial charge in [0.1, 0.15) is 17.6 Å². The second kappa shape index (κ2) is 7.57. The van der Waals surface area contributed by atoms with Gasteiger partial charge in [0.25, 0.3) is 5.82 Å². The molecule has 124 valence electrons. The second-order valence-electron chi connectivity index (χ2n) is 5.34. The van der Waals surface area contributed by atoms with Gasteiger partial charge < -0.3 is 0 Å². The van der Waals surface area contributed by atoms with Crippen molar-refractivity contribution in [3.63, 3.8) is 0 Å². The first-order valence-electron chi connectivity index (χ1n) is 7.76. The van der Waals surface area contributed by atoms with Gasteiger partial charge in [0.2, 0.25) is 10.0 Å². The highest BCUT2D eigenvalue weighted by atomic mass is 32.2. The maximum Gasteiger partial charge on any atom is 0.274 e. The standard InChI is InChI=1S/C17H23N3O2S/c1-4-20(5-2)23(21,22)16-11-12-17(18-13-16)19(3)14-15-9-7-6-8-10-15/h6-13H,4-5,14H2,1-3H3/p+1. The number of anilines is 1. The lowest BCUT2D eigenvalue weighted by Gasteiger charge is -2.18. The third kappa shape index (κ3) is 4.09. The Kier molecular flexibility index (Phi) is 5.74. The van der Waals surface area contributed by atoms with Crippen LogP contribution in [0.4, 0.5) is 5.82 Å². The Labute approximate surface area is 138 Å². The number of nitrogens with one attached hydrogen (secondary N) is 1. The highest BCUT2D eigenvalue weighted by molar-refractivity contribution is 7.89. The van der Waals surface area contributed by atoms with E-state index in [1.165, 1.54) is 9.87 Å². The van der Waals surface area contributed by atoms with Crippen molar-refractivity contribution < 1.29 is 13.4 Å². The van der Waals surface area contributed by atoms with Crippen LogP contribution in [0.15, 0.2) is 53.6 Å². The van der Waals surface area contributed by atoms with Crippen LogP contribution in [0.3, 0.4) is 0 Å². The zero-order chi connectivity index (χ0) is 16.9. The van der Waals surface area contributed by atoms with Crippen LogP contribution >= 0.6 is 0 Å². The Bertz CT molecular complexity index is 711. The fourth-order valence-electron chi connectivity index (χ4n) is 2.46. The fourth-order valence-corrected chi connectivity index (χ4v) is 3.88. The summed E-state index contributed by atoms with van der Waals surface area (Å²) in [6, 6.07) is 13.6. The van der Waals surface area contributed by atoms with Gasteiger partial charge in [-0.25, -0.2) is 13.4 Å². The molecule has 0 atom stereocenters. The third-order valence-corrected chi connectivity index (χ3v) is 5.83. The zero-order valence-corrected chi connectivity index (χ0v) is 14.7. The van der Waals surface area contributed by atoms with Crippen molar-refractivity contribution >= 4 is 15.8 Å². The summed E-state index contributed by atoms with van der Waals surface area (Å²) >= 11 is 0. The molecule has 0 bridgehead atoms. The van der Waals surface area contributed by atoms with Gasteiger partial charge in [-0.1, -0.05) is 44.2 Å². The number of benzene rings is 1. The van der Waals surface area contributed by atoms with E-state index in [0.717, 1.165) is 12.4 Å². The number of pyridine rings is 1. The number of aromatic amines is 1.